The van der Waals surface area contributed by atoms with Gasteiger partial charge in [0.25, 0.3) is 0 Å². The maximum absolute atomic E-state index is 5.77. The van der Waals surface area contributed by atoms with Crippen LogP contribution in [0.5, 0.6) is 0 Å². The third kappa shape index (κ3) is 3.96. The van der Waals surface area contributed by atoms with Crippen LogP contribution in [-0.4, -0.2) is 31.1 Å². The summed E-state index contributed by atoms with van der Waals surface area (Å²) in [6.45, 7) is 4.66. The molecule has 0 bridgehead atoms. The van der Waals surface area contributed by atoms with Gasteiger partial charge < -0.3 is 10.6 Å². The topological polar surface area (TPSA) is 29.3 Å². The van der Waals surface area contributed by atoms with Crippen molar-refractivity contribution in [2.75, 3.05) is 20.1 Å². The van der Waals surface area contributed by atoms with Crippen LogP contribution in [0.3, 0.4) is 0 Å². The molecule has 0 heterocycles. The normalized spacial score (nSPS) is 38.0. The van der Waals surface area contributed by atoms with Crippen molar-refractivity contribution >= 4 is 0 Å². The minimum absolute atomic E-state index is 0.821. The zero-order chi connectivity index (χ0) is 13.0. The first-order valence-corrected chi connectivity index (χ1v) is 8.09. The van der Waals surface area contributed by atoms with E-state index in [4.69, 9.17) is 5.73 Å². The molecule has 2 aliphatic rings. The van der Waals surface area contributed by atoms with Gasteiger partial charge in [0, 0.05) is 12.6 Å². The second-order valence-electron chi connectivity index (χ2n) is 6.99. The van der Waals surface area contributed by atoms with Gasteiger partial charge in [-0.15, -0.1) is 0 Å². The molecule has 2 fully saturated rings. The van der Waals surface area contributed by atoms with Crippen LogP contribution in [0.4, 0.5) is 0 Å². The third-order valence-corrected chi connectivity index (χ3v) is 5.38. The van der Waals surface area contributed by atoms with E-state index >= 15 is 0 Å². The van der Waals surface area contributed by atoms with Gasteiger partial charge in [0.15, 0.2) is 0 Å². The van der Waals surface area contributed by atoms with Crippen LogP contribution < -0.4 is 5.73 Å². The molecule has 0 saturated heterocycles. The molecule has 2 N–H and O–H groups in total. The van der Waals surface area contributed by atoms with Crippen molar-refractivity contribution in [1.82, 2.24) is 4.90 Å². The van der Waals surface area contributed by atoms with Crippen LogP contribution in [0.1, 0.15) is 58.3 Å². The molecule has 0 radical (unpaired) electrons. The quantitative estimate of drug-likeness (QED) is 0.832. The Morgan fingerprint density at radius 3 is 2.28 bits per heavy atom. The van der Waals surface area contributed by atoms with Crippen molar-refractivity contribution in [2.24, 2.45) is 23.5 Å². The molecule has 2 aliphatic carbocycles. The second kappa shape index (κ2) is 6.91. The summed E-state index contributed by atoms with van der Waals surface area (Å²) in [5.41, 5.74) is 5.77. The fraction of sp³-hybridized carbons (Fsp3) is 1.00. The Labute approximate surface area is 113 Å². The van der Waals surface area contributed by atoms with E-state index in [2.05, 4.69) is 18.9 Å². The third-order valence-electron chi connectivity index (χ3n) is 5.38. The average molecular weight is 252 g/mol. The molecule has 0 spiro atoms. The van der Waals surface area contributed by atoms with Gasteiger partial charge in [-0.3, -0.25) is 0 Å². The van der Waals surface area contributed by atoms with Gasteiger partial charge in [-0.1, -0.05) is 19.8 Å². The SMILES string of the molecule is CC1CCCC(N(C)CC2CCC(CN)CC2)C1. The molecule has 0 aliphatic heterocycles. The van der Waals surface area contributed by atoms with Crippen molar-refractivity contribution in [3.8, 4) is 0 Å². The molecule has 2 unspecified atom stereocenters. The second-order valence-corrected chi connectivity index (χ2v) is 6.99. The summed E-state index contributed by atoms with van der Waals surface area (Å²) in [6.07, 6.45) is 11.3. The number of nitrogens with two attached hydrogens (primary N) is 1. The smallest absolute Gasteiger partial charge is 0.00948 e. The predicted octanol–water partition coefficient (Wildman–Crippen LogP) is 3.26. The molecule has 2 heteroatoms. The highest BCUT2D eigenvalue weighted by molar-refractivity contribution is 4.80. The zero-order valence-electron chi connectivity index (χ0n) is 12.4. The molecular weight excluding hydrogens is 220 g/mol. The average Bonchev–Trinajstić information content (AvgIpc) is 2.39. The van der Waals surface area contributed by atoms with E-state index in [1.807, 2.05) is 0 Å². The lowest BCUT2D eigenvalue weighted by Gasteiger charge is -2.37. The van der Waals surface area contributed by atoms with Gasteiger partial charge in [-0.2, -0.15) is 0 Å². The first-order chi connectivity index (χ1) is 8.69. The molecular formula is C16H32N2. The maximum atomic E-state index is 5.77. The van der Waals surface area contributed by atoms with E-state index in [0.29, 0.717) is 0 Å². The first-order valence-electron chi connectivity index (χ1n) is 8.09. The van der Waals surface area contributed by atoms with Gasteiger partial charge in [0.1, 0.15) is 0 Å². The number of nitrogens with zero attached hydrogens (tertiary/aromatic N) is 1. The lowest BCUT2D eigenvalue weighted by molar-refractivity contribution is 0.125. The van der Waals surface area contributed by atoms with Gasteiger partial charge >= 0.3 is 0 Å². The summed E-state index contributed by atoms with van der Waals surface area (Å²) >= 11 is 0. The highest BCUT2D eigenvalue weighted by Crippen LogP contribution is 2.31. The highest BCUT2D eigenvalue weighted by atomic mass is 15.1. The summed E-state index contributed by atoms with van der Waals surface area (Å²) in [7, 11) is 2.36. The minimum atomic E-state index is 0.821. The van der Waals surface area contributed by atoms with Crippen LogP contribution >= 0.6 is 0 Å². The monoisotopic (exact) mass is 252 g/mol. The van der Waals surface area contributed by atoms with Crippen LogP contribution in [0.2, 0.25) is 0 Å². The van der Waals surface area contributed by atoms with Crippen molar-refractivity contribution in [2.45, 2.75) is 64.3 Å². The summed E-state index contributed by atoms with van der Waals surface area (Å²) in [5.74, 6) is 2.70. The van der Waals surface area contributed by atoms with Crippen LogP contribution in [0.15, 0.2) is 0 Å². The summed E-state index contributed by atoms with van der Waals surface area (Å²) < 4.78 is 0. The van der Waals surface area contributed by atoms with E-state index in [-0.39, 0.29) is 0 Å². The van der Waals surface area contributed by atoms with E-state index < -0.39 is 0 Å². The molecule has 2 atom stereocenters. The van der Waals surface area contributed by atoms with Gasteiger partial charge in [0.05, 0.1) is 0 Å². The molecule has 2 nitrogen and oxygen atoms in total. The molecule has 2 saturated carbocycles. The minimum Gasteiger partial charge on any atom is -0.330 e. The van der Waals surface area contributed by atoms with Crippen LogP contribution in [-0.2, 0) is 0 Å². The first kappa shape index (κ1) is 14.3. The van der Waals surface area contributed by atoms with Crippen molar-refractivity contribution in [3.63, 3.8) is 0 Å². The molecule has 2 rings (SSSR count). The molecule has 18 heavy (non-hydrogen) atoms. The number of rotatable bonds is 4. The zero-order valence-corrected chi connectivity index (χ0v) is 12.4. The fourth-order valence-electron chi connectivity index (χ4n) is 4.01. The molecule has 0 aromatic heterocycles. The van der Waals surface area contributed by atoms with Crippen LogP contribution in [0.25, 0.3) is 0 Å². The molecule has 0 aromatic carbocycles. The predicted molar refractivity (Wildman–Crippen MR) is 78.6 cm³/mol. The van der Waals surface area contributed by atoms with E-state index in [1.165, 1.54) is 57.9 Å². The van der Waals surface area contributed by atoms with Gasteiger partial charge in [-0.05, 0) is 69.9 Å². The number of hydrogen-bond donors (Lipinski definition) is 1. The molecule has 0 amide bonds. The van der Waals surface area contributed by atoms with Gasteiger partial charge in [0.2, 0.25) is 0 Å². The van der Waals surface area contributed by atoms with Crippen molar-refractivity contribution < 1.29 is 0 Å². The lowest BCUT2D eigenvalue weighted by Crippen LogP contribution is -2.39. The Hall–Kier alpha value is -0.0800. The molecule has 0 aromatic rings. The Morgan fingerprint density at radius 1 is 1.00 bits per heavy atom. The largest absolute Gasteiger partial charge is 0.330 e. The Kier molecular flexibility index (Phi) is 5.50. The highest BCUT2D eigenvalue weighted by Gasteiger charge is 2.26. The Morgan fingerprint density at radius 2 is 1.67 bits per heavy atom. The van der Waals surface area contributed by atoms with Crippen molar-refractivity contribution in [3.05, 3.63) is 0 Å². The standard InChI is InChI=1S/C16H32N2/c1-13-4-3-5-16(10-13)18(2)12-15-8-6-14(11-17)7-9-15/h13-16H,3-12,17H2,1-2H3. The summed E-state index contributed by atoms with van der Waals surface area (Å²) in [4.78, 5) is 2.67. The molecule has 106 valence electrons. The maximum Gasteiger partial charge on any atom is 0.00948 e. The lowest BCUT2D eigenvalue weighted by atomic mass is 9.81. The summed E-state index contributed by atoms with van der Waals surface area (Å²) in [6, 6.07) is 0.862. The van der Waals surface area contributed by atoms with Crippen LogP contribution in [0, 0.1) is 17.8 Å². The Balaban J connectivity index is 1.72. The summed E-state index contributed by atoms with van der Waals surface area (Å²) in [5, 5.41) is 0. The van der Waals surface area contributed by atoms with Crippen molar-refractivity contribution in [1.29, 1.82) is 0 Å². The van der Waals surface area contributed by atoms with E-state index in [9.17, 15) is 0 Å². The van der Waals surface area contributed by atoms with E-state index in [1.54, 1.807) is 0 Å². The van der Waals surface area contributed by atoms with Gasteiger partial charge in [-0.25, -0.2) is 0 Å². The fourth-order valence-corrected chi connectivity index (χ4v) is 4.01. The van der Waals surface area contributed by atoms with E-state index in [0.717, 1.165) is 30.3 Å². The Bertz CT molecular complexity index is 233. The number of hydrogen-bond acceptors (Lipinski definition) is 2.